The van der Waals surface area contributed by atoms with Crippen molar-refractivity contribution in [2.45, 2.75) is 6.18 Å². The Morgan fingerprint density at radius 3 is 2.78 bits per heavy atom. The fraction of sp³-hybridized carbons (Fsp3) is 0.222. The number of amides is 1. The van der Waals surface area contributed by atoms with Crippen LogP contribution >= 0.6 is 12.2 Å². The highest BCUT2D eigenvalue weighted by Gasteiger charge is 2.35. The van der Waals surface area contributed by atoms with Gasteiger partial charge in [0.2, 0.25) is 0 Å². The number of aromatic nitrogens is 1. The van der Waals surface area contributed by atoms with Crippen molar-refractivity contribution in [1.82, 2.24) is 10.3 Å². The molecule has 1 rings (SSSR count). The molecule has 1 aromatic heterocycles. The molecule has 9 heteroatoms. The average Bonchev–Trinajstić information content (AvgIpc) is 2.28. The second-order valence-electron chi connectivity index (χ2n) is 3.09. The van der Waals surface area contributed by atoms with Gasteiger partial charge < -0.3 is 4.74 Å². The van der Waals surface area contributed by atoms with Gasteiger partial charge in [0.1, 0.15) is 0 Å². The lowest BCUT2D eigenvalue weighted by atomic mass is 10.1. The van der Waals surface area contributed by atoms with E-state index in [2.05, 4.69) is 22.5 Å². The minimum absolute atomic E-state index is 0.244. The zero-order valence-electron chi connectivity index (χ0n) is 9.25. The van der Waals surface area contributed by atoms with E-state index in [1.54, 1.807) is 0 Å². The number of hydrogen-bond donors (Lipinski definition) is 1. The molecule has 0 atom stereocenters. The van der Waals surface area contributed by atoms with Gasteiger partial charge in [0.25, 0.3) is 11.1 Å². The Hall–Kier alpha value is -1.48. The fourth-order valence-electron chi connectivity index (χ4n) is 1.15. The van der Waals surface area contributed by atoms with Crippen LogP contribution in [-0.2, 0) is 10.9 Å². The molecule has 0 radical (unpaired) electrons. The number of thiocarbonyl (C=S) groups is 1. The first-order valence-corrected chi connectivity index (χ1v) is 6.67. The van der Waals surface area contributed by atoms with Crippen LogP contribution in [0.2, 0.25) is 0 Å². The molecule has 0 fully saturated rings. The number of carbonyl (C=O) groups excluding carboxylic acids is 1. The van der Waals surface area contributed by atoms with Crippen LogP contribution in [0.5, 0.6) is 0 Å². The van der Waals surface area contributed by atoms with E-state index in [1.165, 1.54) is 0 Å². The van der Waals surface area contributed by atoms with Gasteiger partial charge in [-0.3, -0.25) is 15.1 Å². The predicted octanol–water partition coefficient (Wildman–Crippen LogP) is 0.455. The summed E-state index contributed by atoms with van der Waals surface area (Å²) in [6.45, 7) is 0. The number of carbonyl (C=O) groups is 1. The third-order valence-electron chi connectivity index (χ3n) is 1.86. The van der Waals surface area contributed by atoms with Crippen molar-refractivity contribution in [2.24, 2.45) is 0 Å². The number of pyridine rings is 1. The third kappa shape index (κ3) is 3.77. The van der Waals surface area contributed by atoms with Crippen LogP contribution in [0.15, 0.2) is 18.5 Å². The van der Waals surface area contributed by atoms with Gasteiger partial charge in [0, 0.05) is 12.4 Å². The first kappa shape index (κ1) is 14.6. The van der Waals surface area contributed by atoms with Crippen molar-refractivity contribution in [3.63, 3.8) is 0 Å². The van der Waals surface area contributed by atoms with Crippen LogP contribution in [0.25, 0.3) is 0 Å². The zero-order chi connectivity index (χ0) is 13.8. The Morgan fingerprint density at radius 2 is 2.22 bits per heavy atom. The van der Waals surface area contributed by atoms with Crippen molar-refractivity contribution < 1.29 is 22.7 Å². The number of halogens is 3. The molecule has 1 amide bonds. The molecule has 18 heavy (non-hydrogen) atoms. The smallest absolute Gasteiger partial charge is 0.417 e. The quantitative estimate of drug-likeness (QED) is 0.636. The van der Waals surface area contributed by atoms with Gasteiger partial charge in [-0.1, -0.05) is 0 Å². The van der Waals surface area contributed by atoms with Crippen molar-refractivity contribution in [1.29, 1.82) is 0 Å². The second kappa shape index (κ2) is 5.91. The summed E-state index contributed by atoms with van der Waals surface area (Å²) < 4.78 is 42.7. The zero-order valence-corrected chi connectivity index (χ0v) is 12.1. The van der Waals surface area contributed by atoms with Crippen LogP contribution < -0.4 is 5.32 Å². The molecule has 98 valence electrons. The summed E-state index contributed by atoms with van der Waals surface area (Å²) in [5.74, 6) is -0.990. The Labute approximate surface area is 109 Å². The molecule has 0 aliphatic carbocycles. The van der Waals surface area contributed by atoms with Gasteiger partial charge >= 0.3 is 6.18 Å². The highest BCUT2D eigenvalue weighted by molar-refractivity contribution is 7.80. The van der Waals surface area contributed by atoms with Crippen molar-refractivity contribution in [3.8, 4) is 0 Å². The topological polar surface area (TPSA) is 51.2 Å². The fourth-order valence-corrected chi connectivity index (χ4v) is 1.86. The van der Waals surface area contributed by atoms with Crippen molar-refractivity contribution >= 4 is 33.5 Å². The molecule has 4 nitrogen and oxygen atoms in total. The third-order valence-corrected chi connectivity index (χ3v) is 2.37. The standard InChI is InChI=1S/C9H9F3N2O2SSi/c10-9(11,12)6-1-2-13-3-5(6)7(15)14-8(17)16-4-18/h1-3H,4H2,18H3,(H,14,15,17). The van der Waals surface area contributed by atoms with E-state index in [1.807, 2.05) is 0 Å². The van der Waals surface area contributed by atoms with E-state index in [4.69, 9.17) is 4.74 Å². The Balaban J connectivity index is 2.96. The summed E-state index contributed by atoms with van der Waals surface area (Å²) in [5.41, 5.74) is -1.66. The van der Waals surface area contributed by atoms with Crippen LogP contribution in [-0.4, -0.2) is 32.5 Å². The molecule has 1 aromatic rings. The SMILES string of the molecule is O=C(NC(=S)OC[SiH3])c1cnccc1C(F)(F)F. The van der Waals surface area contributed by atoms with Gasteiger partial charge in [-0.05, 0) is 18.3 Å². The molecule has 0 bridgehead atoms. The van der Waals surface area contributed by atoms with E-state index in [0.29, 0.717) is 16.5 Å². The minimum Gasteiger partial charge on any atom is -0.476 e. The Bertz CT molecular complexity index is 467. The number of hydrogen-bond acceptors (Lipinski definition) is 4. The Kier molecular flexibility index (Phi) is 4.79. The number of alkyl halides is 3. The molecule has 1 N–H and O–H groups in total. The molecule has 0 saturated carbocycles. The number of rotatable bonds is 2. The van der Waals surface area contributed by atoms with Crippen LogP contribution in [0, 0.1) is 0 Å². The molecule has 0 spiro atoms. The molecular formula is C9H9F3N2O2SSi. The highest BCUT2D eigenvalue weighted by atomic mass is 32.1. The first-order chi connectivity index (χ1) is 8.36. The lowest BCUT2D eigenvalue weighted by Crippen LogP contribution is -2.32. The van der Waals surface area contributed by atoms with Crippen LogP contribution in [0.3, 0.4) is 0 Å². The van der Waals surface area contributed by atoms with Gasteiger partial charge in [-0.15, -0.1) is 0 Å². The van der Waals surface area contributed by atoms with Crippen molar-refractivity contribution in [2.75, 3.05) is 6.23 Å². The summed E-state index contributed by atoms with van der Waals surface area (Å²) in [6.07, 6.45) is -2.48. The van der Waals surface area contributed by atoms with E-state index in [-0.39, 0.29) is 5.17 Å². The van der Waals surface area contributed by atoms with Gasteiger partial charge in [0.15, 0.2) is 0 Å². The summed E-state index contributed by atoms with van der Waals surface area (Å²) in [4.78, 5) is 15.1. The predicted molar refractivity (Wildman–Crippen MR) is 65.2 cm³/mol. The molecular weight excluding hydrogens is 285 g/mol. The largest absolute Gasteiger partial charge is 0.476 e. The van der Waals surface area contributed by atoms with E-state index < -0.39 is 23.2 Å². The summed E-state index contributed by atoms with van der Waals surface area (Å²) >= 11 is 4.63. The van der Waals surface area contributed by atoms with Gasteiger partial charge in [-0.2, -0.15) is 13.2 Å². The lowest BCUT2D eigenvalue weighted by Gasteiger charge is -2.12. The maximum Gasteiger partial charge on any atom is 0.417 e. The van der Waals surface area contributed by atoms with Crippen LogP contribution in [0.1, 0.15) is 15.9 Å². The maximum atomic E-state index is 12.6. The molecule has 1 heterocycles. The van der Waals surface area contributed by atoms with E-state index in [9.17, 15) is 18.0 Å². The first-order valence-electron chi connectivity index (χ1n) is 4.85. The molecule has 0 saturated heterocycles. The summed E-state index contributed by atoms with van der Waals surface area (Å²) in [7, 11) is 0.695. The molecule has 0 unspecified atom stereocenters. The van der Waals surface area contributed by atoms with Crippen molar-refractivity contribution in [3.05, 3.63) is 29.6 Å². The molecule has 0 aliphatic rings. The molecule has 0 aromatic carbocycles. The number of ether oxygens (including phenoxy) is 1. The van der Waals surface area contributed by atoms with Gasteiger partial charge in [-0.25, -0.2) is 0 Å². The average molecular weight is 294 g/mol. The summed E-state index contributed by atoms with van der Waals surface area (Å²) in [5, 5.41) is 1.82. The Morgan fingerprint density at radius 1 is 1.56 bits per heavy atom. The second-order valence-corrected chi connectivity index (χ2v) is 4.04. The monoisotopic (exact) mass is 294 g/mol. The normalized spacial score (nSPS) is 11.1. The minimum atomic E-state index is -4.63. The highest BCUT2D eigenvalue weighted by Crippen LogP contribution is 2.31. The van der Waals surface area contributed by atoms with E-state index >= 15 is 0 Å². The lowest BCUT2D eigenvalue weighted by molar-refractivity contribution is -0.138. The van der Waals surface area contributed by atoms with E-state index in [0.717, 1.165) is 18.5 Å². The summed E-state index contributed by atoms with van der Waals surface area (Å²) in [6, 6.07) is 0.728. The van der Waals surface area contributed by atoms with Crippen LogP contribution in [0.4, 0.5) is 13.2 Å². The van der Waals surface area contributed by atoms with Gasteiger partial charge in [0.05, 0.1) is 27.6 Å². The molecule has 0 aliphatic heterocycles. The maximum absolute atomic E-state index is 12.6. The number of nitrogens with one attached hydrogen (secondary N) is 1. The number of nitrogens with zero attached hydrogens (tertiary/aromatic N) is 1.